The Morgan fingerprint density at radius 1 is 1.24 bits per heavy atom. The predicted molar refractivity (Wildman–Crippen MR) is 155 cm³/mol. The molecule has 1 amide bonds. The topological polar surface area (TPSA) is 107 Å². The van der Waals surface area contributed by atoms with Crippen molar-refractivity contribution in [3.05, 3.63) is 71.8 Å². The van der Waals surface area contributed by atoms with Crippen LogP contribution in [-0.2, 0) is 32.6 Å². The molecule has 2 aliphatic heterocycles. The van der Waals surface area contributed by atoms with Gasteiger partial charge in [0.1, 0.15) is 24.5 Å². The molecule has 0 bridgehead atoms. The van der Waals surface area contributed by atoms with Crippen LogP contribution >= 0.6 is 0 Å². The molecule has 2 heterocycles. The van der Waals surface area contributed by atoms with E-state index in [0.717, 1.165) is 16.7 Å². The summed E-state index contributed by atoms with van der Waals surface area (Å²) in [7, 11) is 1.61. The standard InChI is InChI=1S/C32H42N2O7/c1-7-32-15-16-34(19-23-13-14-25(38-6)28(27(23)32)40-26(32)17-21(2)35)20-39-29(36)24(18-22-11-9-8-10-12-22)33-30(37)41-31(3,4)5/h7-14,21,24,26,35H,1,15-20H2,2-6H3,(H,33,37)/t21-,24?,26-,32-/m0/s1. The molecular weight excluding hydrogens is 524 g/mol. The highest BCUT2D eigenvalue weighted by Crippen LogP contribution is 2.54. The molecule has 2 aromatic carbocycles. The summed E-state index contributed by atoms with van der Waals surface area (Å²) in [4.78, 5) is 27.9. The molecule has 1 unspecified atom stereocenters. The van der Waals surface area contributed by atoms with Gasteiger partial charge >= 0.3 is 12.1 Å². The lowest BCUT2D eigenvalue weighted by atomic mass is 9.72. The van der Waals surface area contributed by atoms with Gasteiger partial charge in [0.05, 0.1) is 18.6 Å². The summed E-state index contributed by atoms with van der Waals surface area (Å²) in [5.74, 6) is 0.774. The van der Waals surface area contributed by atoms with Gasteiger partial charge in [-0.05, 0) is 51.3 Å². The number of ether oxygens (including phenoxy) is 4. The zero-order chi connectivity index (χ0) is 29.8. The molecule has 41 heavy (non-hydrogen) atoms. The molecule has 4 rings (SSSR count). The maximum atomic E-state index is 13.3. The number of esters is 1. The summed E-state index contributed by atoms with van der Waals surface area (Å²) in [6.07, 6.45) is 1.74. The van der Waals surface area contributed by atoms with Crippen LogP contribution in [0.15, 0.2) is 55.1 Å². The number of aliphatic hydroxyl groups excluding tert-OH is 1. The third-order valence-corrected chi connectivity index (χ3v) is 7.53. The molecule has 9 heteroatoms. The first-order chi connectivity index (χ1) is 19.5. The van der Waals surface area contributed by atoms with Crippen LogP contribution in [-0.4, -0.2) is 66.3 Å². The van der Waals surface area contributed by atoms with E-state index < -0.39 is 35.2 Å². The first-order valence-electron chi connectivity index (χ1n) is 14.1. The number of methoxy groups -OCH3 is 1. The highest BCUT2D eigenvalue weighted by molar-refractivity contribution is 5.81. The fourth-order valence-electron chi connectivity index (χ4n) is 5.64. The second-order valence-electron chi connectivity index (χ2n) is 11.9. The molecule has 0 fully saturated rings. The van der Waals surface area contributed by atoms with E-state index in [1.54, 1.807) is 34.8 Å². The van der Waals surface area contributed by atoms with Gasteiger partial charge in [0, 0.05) is 31.5 Å². The number of nitrogens with zero attached hydrogens (tertiary/aromatic N) is 1. The minimum Gasteiger partial charge on any atom is -0.493 e. The van der Waals surface area contributed by atoms with E-state index in [4.69, 9.17) is 18.9 Å². The second-order valence-corrected chi connectivity index (χ2v) is 11.9. The molecule has 4 atom stereocenters. The van der Waals surface area contributed by atoms with E-state index in [0.29, 0.717) is 37.4 Å². The van der Waals surface area contributed by atoms with E-state index >= 15 is 0 Å². The Hall–Kier alpha value is -3.56. The van der Waals surface area contributed by atoms with Gasteiger partial charge in [-0.25, -0.2) is 9.59 Å². The van der Waals surface area contributed by atoms with Crippen molar-refractivity contribution < 1.29 is 33.6 Å². The van der Waals surface area contributed by atoms with Crippen molar-refractivity contribution >= 4 is 12.1 Å². The molecule has 0 saturated carbocycles. The number of rotatable bonds is 10. The lowest BCUT2D eigenvalue weighted by molar-refractivity contribution is -0.151. The summed E-state index contributed by atoms with van der Waals surface area (Å²) in [5, 5.41) is 12.9. The van der Waals surface area contributed by atoms with Gasteiger partial charge in [-0.1, -0.05) is 42.5 Å². The quantitative estimate of drug-likeness (QED) is 0.320. The average molecular weight is 567 g/mol. The van der Waals surface area contributed by atoms with Crippen LogP contribution in [0.5, 0.6) is 11.5 Å². The SMILES string of the molecule is C=C[C@@]12CCN(COC(=O)C(Cc3ccccc3)NC(=O)OC(C)(C)C)Cc3ccc(OC)c(c31)O[C@H]2C[C@H](C)O. The average Bonchev–Trinajstić information content (AvgIpc) is 3.12. The Bertz CT molecular complexity index is 1240. The van der Waals surface area contributed by atoms with Gasteiger partial charge < -0.3 is 29.4 Å². The zero-order valence-corrected chi connectivity index (χ0v) is 24.6. The van der Waals surface area contributed by atoms with Gasteiger partial charge in [-0.2, -0.15) is 0 Å². The van der Waals surface area contributed by atoms with E-state index in [2.05, 4.69) is 16.8 Å². The third-order valence-electron chi connectivity index (χ3n) is 7.53. The number of carbonyl (C=O) groups is 2. The Balaban J connectivity index is 1.52. The molecule has 0 aromatic heterocycles. The summed E-state index contributed by atoms with van der Waals surface area (Å²) in [6, 6.07) is 12.4. The number of carbonyl (C=O) groups excluding carboxylic acids is 2. The smallest absolute Gasteiger partial charge is 0.408 e. The molecular formula is C32H42N2O7. The fourth-order valence-corrected chi connectivity index (χ4v) is 5.64. The van der Waals surface area contributed by atoms with E-state index in [-0.39, 0.29) is 19.3 Å². The van der Waals surface area contributed by atoms with Crippen LogP contribution in [0, 0.1) is 0 Å². The number of alkyl carbamates (subject to hydrolysis) is 1. The van der Waals surface area contributed by atoms with Crippen LogP contribution in [0.2, 0.25) is 0 Å². The minimum absolute atomic E-state index is 0.0378. The Morgan fingerprint density at radius 3 is 2.61 bits per heavy atom. The molecule has 0 saturated heterocycles. The molecule has 0 spiro atoms. The van der Waals surface area contributed by atoms with Crippen molar-refractivity contribution in [2.45, 2.75) is 82.8 Å². The van der Waals surface area contributed by atoms with Crippen molar-refractivity contribution in [1.29, 1.82) is 0 Å². The molecule has 222 valence electrons. The second kappa shape index (κ2) is 12.5. The molecule has 0 radical (unpaired) electrons. The molecule has 9 nitrogen and oxygen atoms in total. The number of hydrogen-bond donors (Lipinski definition) is 2. The van der Waals surface area contributed by atoms with Gasteiger partial charge in [0.15, 0.2) is 11.5 Å². The fraction of sp³-hybridized carbons (Fsp3) is 0.500. The normalized spacial score (nSPS) is 21.5. The maximum absolute atomic E-state index is 13.3. The molecule has 0 aliphatic carbocycles. The van der Waals surface area contributed by atoms with E-state index in [9.17, 15) is 14.7 Å². The maximum Gasteiger partial charge on any atom is 0.408 e. The van der Waals surface area contributed by atoms with E-state index in [1.165, 1.54) is 0 Å². The van der Waals surface area contributed by atoms with Gasteiger partial charge in [0.2, 0.25) is 0 Å². The Kier molecular flexibility index (Phi) is 9.29. The van der Waals surface area contributed by atoms with E-state index in [1.807, 2.05) is 48.5 Å². The first-order valence-corrected chi connectivity index (χ1v) is 14.1. The number of nitrogens with one attached hydrogen (secondary N) is 1. The van der Waals surface area contributed by atoms with Crippen molar-refractivity contribution in [2.75, 3.05) is 20.4 Å². The van der Waals surface area contributed by atoms with Gasteiger partial charge in [0.25, 0.3) is 0 Å². The van der Waals surface area contributed by atoms with Crippen LogP contribution in [0.4, 0.5) is 4.79 Å². The number of aliphatic hydroxyl groups is 1. The third kappa shape index (κ3) is 7.02. The van der Waals surface area contributed by atoms with Crippen LogP contribution < -0.4 is 14.8 Å². The molecule has 2 aromatic rings. The largest absolute Gasteiger partial charge is 0.493 e. The number of amides is 1. The van der Waals surface area contributed by atoms with Crippen LogP contribution in [0.1, 0.15) is 57.2 Å². The Morgan fingerprint density at radius 2 is 1.98 bits per heavy atom. The predicted octanol–water partition coefficient (Wildman–Crippen LogP) is 4.49. The Labute approximate surface area is 242 Å². The van der Waals surface area contributed by atoms with Crippen LogP contribution in [0.3, 0.4) is 0 Å². The highest BCUT2D eigenvalue weighted by Gasteiger charge is 2.51. The molecule has 2 aliphatic rings. The zero-order valence-electron chi connectivity index (χ0n) is 24.6. The van der Waals surface area contributed by atoms with Gasteiger partial charge in [-0.15, -0.1) is 6.58 Å². The lowest BCUT2D eigenvalue weighted by Crippen LogP contribution is -2.46. The van der Waals surface area contributed by atoms with Crippen molar-refractivity contribution in [3.63, 3.8) is 0 Å². The summed E-state index contributed by atoms with van der Waals surface area (Å²) < 4.78 is 23.2. The molecule has 2 N–H and O–H groups in total. The number of hydrogen-bond acceptors (Lipinski definition) is 8. The van der Waals surface area contributed by atoms with Crippen molar-refractivity contribution in [3.8, 4) is 11.5 Å². The number of benzene rings is 2. The minimum atomic E-state index is -0.919. The summed E-state index contributed by atoms with van der Waals surface area (Å²) >= 11 is 0. The monoisotopic (exact) mass is 566 g/mol. The first kappa shape index (κ1) is 30.4. The van der Waals surface area contributed by atoms with Crippen molar-refractivity contribution in [2.24, 2.45) is 0 Å². The van der Waals surface area contributed by atoms with Crippen LogP contribution in [0.25, 0.3) is 0 Å². The summed E-state index contributed by atoms with van der Waals surface area (Å²) in [6.45, 7) is 12.4. The lowest BCUT2D eigenvalue weighted by Gasteiger charge is -2.32. The summed E-state index contributed by atoms with van der Waals surface area (Å²) in [5.41, 5.74) is 1.69. The van der Waals surface area contributed by atoms with Gasteiger partial charge in [-0.3, -0.25) is 4.90 Å². The van der Waals surface area contributed by atoms with Crippen molar-refractivity contribution in [1.82, 2.24) is 10.2 Å². The highest BCUT2D eigenvalue weighted by atomic mass is 16.6.